The Morgan fingerprint density at radius 3 is 2.75 bits per heavy atom. The van der Waals surface area contributed by atoms with E-state index in [1.807, 2.05) is 39.0 Å². The average Bonchev–Trinajstić information content (AvgIpc) is 2.44. The zero-order valence-electron chi connectivity index (χ0n) is 12.6. The number of nitrogens with zero attached hydrogens (tertiary/aromatic N) is 2. The Morgan fingerprint density at radius 1 is 1.45 bits per heavy atom. The minimum absolute atomic E-state index is 0.318. The van der Waals surface area contributed by atoms with Crippen molar-refractivity contribution in [2.45, 2.75) is 40.5 Å². The number of hydrogen-bond acceptors (Lipinski definition) is 4. The monoisotopic (exact) mass is 274 g/mol. The fourth-order valence-corrected chi connectivity index (χ4v) is 1.86. The molecule has 0 bridgehead atoms. The molecule has 0 spiro atoms. The molecule has 0 aromatic heterocycles. The minimum atomic E-state index is -0.318. The molecule has 0 unspecified atom stereocenters. The summed E-state index contributed by atoms with van der Waals surface area (Å²) in [5.41, 5.74) is 2.09. The summed E-state index contributed by atoms with van der Waals surface area (Å²) in [6.07, 6.45) is 1.60. The molecule has 0 fully saturated rings. The molecule has 0 heterocycles. The first-order valence-electron chi connectivity index (χ1n) is 6.73. The summed E-state index contributed by atoms with van der Waals surface area (Å²) in [6.45, 7) is 8.10. The molecule has 0 aliphatic heterocycles. The van der Waals surface area contributed by atoms with E-state index in [1.165, 1.54) is 0 Å². The molecule has 1 aromatic carbocycles. The van der Waals surface area contributed by atoms with E-state index >= 15 is 0 Å². The van der Waals surface area contributed by atoms with Crippen molar-refractivity contribution in [2.75, 3.05) is 6.61 Å². The first kappa shape index (κ1) is 16.0. The maximum Gasteiger partial charge on any atom is 0.128 e. The molecule has 0 aliphatic carbocycles. The van der Waals surface area contributed by atoms with Crippen LogP contribution in [-0.4, -0.2) is 17.5 Å². The van der Waals surface area contributed by atoms with E-state index < -0.39 is 0 Å². The van der Waals surface area contributed by atoms with Crippen molar-refractivity contribution in [2.24, 2.45) is 10.6 Å². The molecule has 0 atom stereocenters. The molecule has 1 rings (SSSR count). The van der Waals surface area contributed by atoms with Gasteiger partial charge < -0.3 is 9.94 Å². The van der Waals surface area contributed by atoms with Crippen LogP contribution >= 0.6 is 0 Å². The number of rotatable bonds is 6. The van der Waals surface area contributed by atoms with Crippen LogP contribution in [0.4, 0.5) is 0 Å². The maximum absolute atomic E-state index is 8.96. The van der Waals surface area contributed by atoms with E-state index in [9.17, 15) is 0 Å². The van der Waals surface area contributed by atoms with Crippen molar-refractivity contribution in [3.8, 4) is 11.8 Å². The van der Waals surface area contributed by atoms with Crippen LogP contribution in [0.3, 0.4) is 0 Å². The van der Waals surface area contributed by atoms with Gasteiger partial charge in [0.25, 0.3) is 0 Å². The predicted octanol–water partition coefficient (Wildman–Crippen LogP) is 3.90. The number of aryl methyl sites for hydroxylation is 1. The summed E-state index contributed by atoms with van der Waals surface area (Å²) < 4.78 is 5.75. The lowest BCUT2D eigenvalue weighted by Crippen LogP contribution is -2.11. The van der Waals surface area contributed by atoms with Crippen LogP contribution in [0.1, 0.15) is 44.7 Å². The molecule has 0 aliphatic rings. The van der Waals surface area contributed by atoms with Gasteiger partial charge in [-0.25, -0.2) is 0 Å². The molecule has 4 heteroatoms. The average molecular weight is 274 g/mol. The molecular formula is C16H22N2O2. The summed E-state index contributed by atoms with van der Waals surface area (Å²) in [4.78, 5) is 0. The van der Waals surface area contributed by atoms with E-state index in [0.717, 1.165) is 24.0 Å². The summed E-state index contributed by atoms with van der Waals surface area (Å²) in [6, 6.07) is 8.06. The Labute approximate surface area is 120 Å². The largest absolute Gasteiger partial charge is 0.493 e. The van der Waals surface area contributed by atoms with E-state index in [4.69, 9.17) is 15.2 Å². The Morgan fingerprint density at radius 2 is 2.15 bits per heavy atom. The Hall–Kier alpha value is -2.02. The van der Waals surface area contributed by atoms with Crippen LogP contribution in [0.5, 0.6) is 5.75 Å². The zero-order valence-corrected chi connectivity index (χ0v) is 12.6. The minimum Gasteiger partial charge on any atom is -0.493 e. The van der Waals surface area contributed by atoms with Crippen molar-refractivity contribution in [3.05, 3.63) is 29.3 Å². The second-order valence-electron chi connectivity index (χ2n) is 5.63. The summed E-state index contributed by atoms with van der Waals surface area (Å²) in [7, 11) is 0. The highest BCUT2D eigenvalue weighted by Gasteiger charge is 2.16. The summed E-state index contributed by atoms with van der Waals surface area (Å²) in [5.74, 6) is 0.709. The highest BCUT2D eigenvalue weighted by Crippen LogP contribution is 2.23. The SMILES string of the molecule is CC(=NO)c1cc(C)ccc1OCCCC(C)(C)C#N. The maximum atomic E-state index is 8.96. The third-order valence-electron chi connectivity index (χ3n) is 3.18. The highest BCUT2D eigenvalue weighted by atomic mass is 16.5. The molecule has 0 radical (unpaired) electrons. The lowest BCUT2D eigenvalue weighted by molar-refractivity contribution is 0.283. The standard InChI is InChI=1S/C16H22N2O2/c1-12-6-7-15(14(10-12)13(2)18-19)20-9-5-8-16(3,4)11-17/h6-7,10,19H,5,8-9H2,1-4H3. The third kappa shape index (κ3) is 4.58. The number of ether oxygens (including phenoxy) is 1. The molecule has 20 heavy (non-hydrogen) atoms. The fourth-order valence-electron chi connectivity index (χ4n) is 1.86. The molecular weight excluding hydrogens is 252 g/mol. The predicted molar refractivity (Wildman–Crippen MR) is 79.3 cm³/mol. The van der Waals surface area contributed by atoms with Gasteiger partial charge in [-0.15, -0.1) is 0 Å². The first-order valence-corrected chi connectivity index (χ1v) is 6.73. The number of nitriles is 1. The van der Waals surface area contributed by atoms with Gasteiger partial charge in [0.1, 0.15) is 5.75 Å². The highest BCUT2D eigenvalue weighted by molar-refractivity contribution is 6.00. The molecule has 1 aromatic rings. The van der Waals surface area contributed by atoms with Crippen molar-refractivity contribution < 1.29 is 9.94 Å². The van der Waals surface area contributed by atoms with Gasteiger partial charge in [-0.1, -0.05) is 16.8 Å². The molecule has 1 N–H and O–H groups in total. The lowest BCUT2D eigenvalue weighted by Gasteiger charge is -2.16. The molecule has 0 saturated heterocycles. The fraction of sp³-hybridized carbons (Fsp3) is 0.500. The molecule has 4 nitrogen and oxygen atoms in total. The third-order valence-corrected chi connectivity index (χ3v) is 3.18. The van der Waals surface area contributed by atoms with Gasteiger partial charge in [0.2, 0.25) is 0 Å². The Kier molecular flexibility index (Phi) is 5.57. The van der Waals surface area contributed by atoms with Crippen molar-refractivity contribution in [1.29, 1.82) is 5.26 Å². The van der Waals surface area contributed by atoms with Crippen LogP contribution in [0.15, 0.2) is 23.4 Å². The topological polar surface area (TPSA) is 65.6 Å². The quantitative estimate of drug-likeness (QED) is 0.370. The van der Waals surface area contributed by atoms with Gasteiger partial charge in [-0.3, -0.25) is 0 Å². The van der Waals surface area contributed by atoms with Crippen LogP contribution in [0, 0.1) is 23.7 Å². The summed E-state index contributed by atoms with van der Waals surface area (Å²) >= 11 is 0. The second kappa shape index (κ2) is 6.95. The molecule has 0 amide bonds. The van der Waals surface area contributed by atoms with E-state index in [-0.39, 0.29) is 5.41 Å². The Balaban J connectivity index is 2.67. The second-order valence-corrected chi connectivity index (χ2v) is 5.63. The van der Waals surface area contributed by atoms with E-state index in [2.05, 4.69) is 11.2 Å². The van der Waals surface area contributed by atoms with Gasteiger partial charge in [0, 0.05) is 5.56 Å². The molecule has 108 valence electrons. The van der Waals surface area contributed by atoms with Gasteiger partial charge in [-0.2, -0.15) is 5.26 Å². The summed E-state index contributed by atoms with van der Waals surface area (Å²) in [5, 5.41) is 21.1. The van der Waals surface area contributed by atoms with E-state index in [0.29, 0.717) is 18.1 Å². The van der Waals surface area contributed by atoms with E-state index in [1.54, 1.807) is 6.92 Å². The van der Waals surface area contributed by atoms with Crippen LogP contribution in [-0.2, 0) is 0 Å². The van der Waals surface area contributed by atoms with Crippen molar-refractivity contribution in [1.82, 2.24) is 0 Å². The zero-order chi connectivity index (χ0) is 15.2. The van der Waals surface area contributed by atoms with Gasteiger partial charge in [0.05, 0.1) is 23.8 Å². The number of hydrogen-bond donors (Lipinski definition) is 1. The van der Waals surface area contributed by atoms with Gasteiger partial charge in [0.15, 0.2) is 0 Å². The normalized spacial score (nSPS) is 12.1. The van der Waals surface area contributed by atoms with Gasteiger partial charge in [-0.05, 0) is 52.7 Å². The Bertz CT molecular complexity index is 528. The van der Waals surface area contributed by atoms with Crippen molar-refractivity contribution >= 4 is 5.71 Å². The van der Waals surface area contributed by atoms with Crippen LogP contribution in [0.25, 0.3) is 0 Å². The van der Waals surface area contributed by atoms with Crippen molar-refractivity contribution in [3.63, 3.8) is 0 Å². The van der Waals surface area contributed by atoms with Gasteiger partial charge >= 0.3 is 0 Å². The number of oxime groups is 1. The number of benzene rings is 1. The molecule has 0 saturated carbocycles. The smallest absolute Gasteiger partial charge is 0.128 e. The van der Waals surface area contributed by atoms with Crippen LogP contribution in [0.2, 0.25) is 0 Å². The first-order chi connectivity index (χ1) is 9.39. The lowest BCUT2D eigenvalue weighted by atomic mass is 9.90. The van der Waals surface area contributed by atoms with Crippen LogP contribution < -0.4 is 4.74 Å².